The van der Waals surface area contributed by atoms with Gasteiger partial charge in [0.15, 0.2) is 11.5 Å². The molecule has 0 atom stereocenters. The Morgan fingerprint density at radius 2 is 1.51 bits per heavy atom. The van der Waals surface area contributed by atoms with Crippen molar-refractivity contribution < 1.29 is 28.2 Å². The van der Waals surface area contributed by atoms with Crippen molar-refractivity contribution >= 4 is 27.7 Å². The molecule has 5 aromatic rings. The first-order valence-corrected chi connectivity index (χ1v) is 10.7. The van der Waals surface area contributed by atoms with E-state index in [1.165, 1.54) is 44.7 Å². The van der Waals surface area contributed by atoms with Crippen molar-refractivity contribution in [1.29, 1.82) is 0 Å². The van der Waals surface area contributed by atoms with E-state index in [1.807, 2.05) is 36.4 Å². The van der Waals surface area contributed by atoms with Gasteiger partial charge >= 0.3 is 5.97 Å². The molecule has 35 heavy (non-hydrogen) atoms. The van der Waals surface area contributed by atoms with Crippen LogP contribution in [0.15, 0.2) is 94.3 Å². The second-order valence-corrected chi connectivity index (χ2v) is 7.66. The van der Waals surface area contributed by atoms with Crippen molar-refractivity contribution in [2.45, 2.75) is 0 Å². The maximum absolute atomic E-state index is 13.0. The standard InChI is InChI=1S/C28H20O7/c1-31-23-12-8-19(14-25(23)32-2)28(30)35-21-10-11-22-24(15-21)33-16-26(27(22)29)34-20-9-7-17-5-3-4-6-18(17)13-20/h3-16H,1-2H3. The molecule has 7 heteroatoms. The van der Waals surface area contributed by atoms with Crippen LogP contribution in [0.25, 0.3) is 21.7 Å². The van der Waals surface area contributed by atoms with Crippen LogP contribution in [0.2, 0.25) is 0 Å². The van der Waals surface area contributed by atoms with Crippen LogP contribution in [0, 0.1) is 0 Å². The molecule has 0 aliphatic carbocycles. The number of carbonyl (C=O) groups is 1. The molecule has 0 bridgehead atoms. The third-order valence-electron chi connectivity index (χ3n) is 5.49. The molecule has 0 aliphatic heterocycles. The number of rotatable bonds is 6. The van der Waals surface area contributed by atoms with Crippen molar-refractivity contribution in [2.24, 2.45) is 0 Å². The Labute approximate surface area is 200 Å². The minimum atomic E-state index is -0.594. The normalized spacial score (nSPS) is 10.8. The highest BCUT2D eigenvalue weighted by atomic mass is 16.5. The molecule has 1 heterocycles. The van der Waals surface area contributed by atoms with Gasteiger partial charge in [-0.2, -0.15) is 0 Å². The van der Waals surface area contributed by atoms with E-state index in [1.54, 1.807) is 18.2 Å². The number of hydrogen-bond acceptors (Lipinski definition) is 7. The summed E-state index contributed by atoms with van der Waals surface area (Å²) in [5, 5.41) is 2.37. The first-order valence-electron chi connectivity index (χ1n) is 10.7. The summed E-state index contributed by atoms with van der Waals surface area (Å²) in [5.74, 6) is 1.12. The van der Waals surface area contributed by atoms with Gasteiger partial charge in [-0.3, -0.25) is 4.79 Å². The summed E-state index contributed by atoms with van der Waals surface area (Å²) < 4.78 is 27.3. The molecular weight excluding hydrogens is 448 g/mol. The van der Waals surface area contributed by atoms with Crippen LogP contribution in [0.4, 0.5) is 0 Å². The minimum Gasteiger partial charge on any atom is -0.493 e. The van der Waals surface area contributed by atoms with Crippen molar-refractivity contribution in [1.82, 2.24) is 0 Å². The molecule has 0 fully saturated rings. The van der Waals surface area contributed by atoms with Crippen molar-refractivity contribution in [2.75, 3.05) is 14.2 Å². The number of fused-ring (bicyclic) bond motifs is 2. The van der Waals surface area contributed by atoms with E-state index in [0.29, 0.717) is 22.6 Å². The Balaban J connectivity index is 1.38. The zero-order valence-corrected chi connectivity index (χ0v) is 18.9. The van der Waals surface area contributed by atoms with Gasteiger partial charge in [-0.05, 0) is 53.2 Å². The van der Waals surface area contributed by atoms with Crippen LogP contribution in [0.1, 0.15) is 10.4 Å². The lowest BCUT2D eigenvalue weighted by atomic mass is 10.1. The summed E-state index contributed by atoms with van der Waals surface area (Å²) in [5.41, 5.74) is 0.207. The monoisotopic (exact) mass is 468 g/mol. The zero-order valence-electron chi connectivity index (χ0n) is 18.9. The summed E-state index contributed by atoms with van der Waals surface area (Å²) in [4.78, 5) is 25.6. The molecule has 174 valence electrons. The first kappa shape index (κ1) is 22.0. The summed E-state index contributed by atoms with van der Waals surface area (Å²) in [6.45, 7) is 0. The highest BCUT2D eigenvalue weighted by molar-refractivity contribution is 5.92. The first-order chi connectivity index (χ1) is 17.1. The Morgan fingerprint density at radius 3 is 2.31 bits per heavy atom. The largest absolute Gasteiger partial charge is 0.493 e. The van der Waals surface area contributed by atoms with Crippen LogP contribution >= 0.6 is 0 Å². The third-order valence-corrected chi connectivity index (χ3v) is 5.49. The molecule has 1 aromatic heterocycles. The third kappa shape index (κ3) is 4.39. The molecule has 0 saturated heterocycles. The summed E-state index contributed by atoms with van der Waals surface area (Å²) >= 11 is 0. The van der Waals surface area contributed by atoms with E-state index in [0.717, 1.165) is 10.8 Å². The van der Waals surface area contributed by atoms with Gasteiger partial charge < -0.3 is 23.4 Å². The van der Waals surface area contributed by atoms with E-state index < -0.39 is 5.97 Å². The van der Waals surface area contributed by atoms with Crippen LogP contribution in [-0.4, -0.2) is 20.2 Å². The lowest BCUT2D eigenvalue weighted by Gasteiger charge is -2.10. The van der Waals surface area contributed by atoms with Crippen molar-refractivity contribution in [3.8, 4) is 28.7 Å². The Bertz CT molecular complexity index is 1620. The van der Waals surface area contributed by atoms with E-state index in [9.17, 15) is 9.59 Å². The van der Waals surface area contributed by atoms with Gasteiger partial charge in [-0.15, -0.1) is 0 Å². The molecule has 0 aliphatic rings. The molecule has 0 unspecified atom stereocenters. The Kier molecular flexibility index (Phi) is 5.81. The van der Waals surface area contributed by atoms with E-state index in [4.69, 9.17) is 23.4 Å². The predicted molar refractivity (Wildman–Crippen MR) is 131 cm³/mol. The van der Waals surface area contributed by atoms with Gasteiger partial charge in [-0.1, -0.05) is 30.3 Å². The maximum atomic E-state index is 13.0. The smallest absolute Gasteiger partial charge is 0.343 e. The van der Waals surface area contributed by atoms with E-state index in [2.05, 4.69) is 0 Å². The quantitative estimate of drug-likeness (QED) is 0.224. The fraction of sp³-hybridized carbons (Fsp3) is 0.0714. The molecule has 0 N–H and O–H groups in total. The summed E-state index contributed by atoms with van der Waals surface area (Å²) in [7, 11) is 2.99. The minimum absolute atomic E-state index is 0.0582. The number of ether oxygens (including phenoxy) is 4. The van der Waals surface area contributed by atoms with Crippen molar-refractivity contribution in [3.05, 3.63) is 101 Å². The Hall–Kier alpha value is -4.78. The number of esters is 1. The summed E-state index contributed by atoms with van der Waals surface area (Å²) in [6.07, 6.45) is 1.25. The van der Waals surface area contributed by atoms with E-state index >= 15 is 0 Å². The summed E-state index contributed by atoms with van der Waals surface area (Å²) in [6, 6.07) is 22.7. The highest BCUT2D eigenvalue weighted by Crippen LogP contribution is 2.29. The fourth-order valence-corrected chi connectivity index (χ4v) is 3.71. The van der Waals surface area contributed by atoms with Crippen LogP contribution in [0.5, 0.6) is 28.7 Å². The molecule has 0 saturated carbocycles. The SMILES string of the molecule is COc1ccc(C(=O)Oc2ccc3c(=O)c(Oc4ccc5ccccc5c4)coc3c2)cc1OC. The van der Waals surface area contributed by atoms with Crippen LogP contribution in [-0.2, 0) is 0 Å². The second kappa shape index (κ2) is 9.23. The number of methoxy groups -OCH3 is 2. The van der Waals surface area contributed by atoms with Gasteiger partial charge in [-0.25, -0.2) is 4.79 Å². The van der Waals surface area contributed by atoms with E-state index in [-0.39, 0.29) is 28.1 Å². The van der Waals surface area contributed by atoms with Crippen LogP contribution < -0.4 is 24.4 Å². The number of benzene rings is 4. The highest BCUT2D eigenvalue weighted by Gasteiger charge is 2.15. The predicted octanol–water partition coefficient (Wildman–Crippen LogP) is 5.97. The van der Waals surface area contributed by atoms with Gasteiger partial charge in [0.25, 0.3) is 0 Å². The lowest BCUT2D eigenvalue weighted by molar-refractivity contribution is 0.0734. The topological polar surface area (TPSA) is 84.2 Å². The Morgan fingerprint density at radius 1 is 0.743 bits per heavy atom. The van der Waals surface area contributed by atoms with Gasteiger partial charge in [0.05, 0.1) is 25.2 Å². The fourth-order valence-electron chi connectivity index (χ4n) is 3.71. The molecule has 0 radical (unpaired) electrons. The molecule has 4 aromatic carbocycles. The molecular formula is C28H20O7. The molecule has 7 nitrogen and oxygen atoms in total. The van der Waals surface area contributed by atoms with Crippen molar-refractivity contribution in [3.63, 3.8) is 0 Å². The van der Waals surface area contributed by atoms with Gasteiger partial charge in [0.1, 0.15) is 23.3 Å². The average molecular weight is 468 g/mol. The molecule has 0 spiro atoms. The lowest BCUT2D eigenvalue weighted by Crippen LogP contribution is -2.09. The van der Waals surface area contributed by atoms with Gasteiger partial charge in [0, 0.05) is 6.07 Å². The maximum Gasteiger partial charge on any atom is 0.343 e. The zero-order chi connectivity index (χ0) is 24.4. The molecule has 5 rings (SSSR count). The number of carbonyl (C=O) groups excluding carboxylic acids is 1. The average Bonchev–Trinajstić information content (AvgIpc) is 2.89. The van der Waals surface area contributed by atoms with Crippen LogP contribution in [0.3, 0.4) is 0 Å². The number of hydrogen-bond donors (Lipinski definition) is 0. The second-order valence-electron chi connectivity index (χ2n) is 7.66. The molecule has 0 amide bonds. The van der Waals surface area contributed by atoms with Gasteiger partial charge in [0.2, 0.25) is 11.2 Å².